The minimum absolute atomic E-state index is 0.0168. The zero-order chi connectivity index (χ0) is 20.1. The molecule has 0 bridgehead atoms. The molecule has 1 aliphatic rings. The summed E-state index contributed by atoms with van der Waals surface area (Å²) in [4.78, 5) is 20.3. The number of nitrogens with one attached hydrogen (secondary N) is 1. The second-order valence-corrected chi connectivity index (χ2v) is 8.63. The molecule has 2 aromatic rings. The Labute approximate surface area is 169 Å². The molecule has 5 nitrogen and oxygen atoms in total. The fourth-order valence-electron chi connectivity index (χ4n) is 3.40. The first-order valence-corrected chi connectivity index (χ1v) is 10.6. The quantitative estimate of drug-likeness (QED) is 0.765. The van der Waals surface area contributed by atoms with E-state index in [4.69, 9.17) is 4.74 Å². The number of carbonyl (C=O) groups is 1. The van der Waals surface area contributed by atoms with Crippen LogP contribution in [0, 0.1) is 18.7 Å². The lowest BCUT2D eigenvalue weighted by Crippen LogP contribution is -2.43. The summed E-state index contributed by atoms with van der Waals surface area (Å²) >= 11 is 1.47. The van der Waals surface area contributed by atoms with Crippen LogP contribution in [0.1, 0.15) is 45.8 Å². The largest absolute Gasteiger partial charge is 0.379 e. The van der Waals surface area contributed by atoms with Crippen LogP contribution in [-0.2, 0) is 11.2 Å². The number of amides is 1. The Morgan fingerprint density at radius 3 is 2.61 bits per heavy atom. The molecular weight excluding hydrogens is 377 g/mol. The molecule has 0 radical (unpaired) electrons. The number of morpholine rings is 1. The van der Waals surface area contributed by atoms with E-state index in [1.807, 2.05) is 6.92 Å². The zero-order valence-electron chi connectivity index (χ0n) is 16.7. The normalized spacial score (nSPS) is 16.3. The number of hydrogen-bond donors (Lipinski definition) is 1. The molecule has 0 aliphatic carbocycles. The van der Waals surface area contributed by atoms with Crippen LogP contribution in [0.15, 0.2) is 24.3 Å². The van der Waals surface area contributed by atoms with E-state index in [0.717, 1.165) is 35.8 Å². The predicted octanol–water partition coefficient (Wildman–Crippen LogP) is 3.59. The van der Waals surface area contributed by atoms with Crippen LogP contribution in [0.5, 0.6) is 0 Å². The number of aromatic nitrogens is 1. The molecule has 1 N–H and O–H groups in total. The summed E-state index contributed by atoms with van der Waals surface area (Å²) in [5.41, 5.74) is 1.77. The Balaban J connectivity index is 1.71. The van der Waals surface area contributed by atoms with Crippen molar-refractivity contribution in [1.82, 2.24) is 15.2 Å². The molecule has 1 fully saturated rings. The van der Waals surface area contributed by atoms with Crippen LogP contribution >= 0.6 is 11.3 Å². The van der Waals surface area contributed by atoms with Gasteiger partial charge in [-0.2, -0.15) is 0 Å². The summed E-state index contributed by atoms with van der Waals surface area (Å²) in [6, 6.07) is 6.50. The zero-order valence-corrected chi connectivity index (χ0v) is 17.5. The van der Waals surface area contributed by atoms with Crippen LogP contribution in [0.2, 0.25) is 0 Å². The summed E-state index contributed by atoms with van der Waals surface area (Å²) < 4.78 is 18.8. The molecule has 1 aliphatic heterocycles. The van der Waals surface area contributed by atoms with Crippen molar-refractivity contribution in [1.29, 1.82) is 0 Å². The molecule has 1 amide bonds. The number of nitrogens with zero attached hydrogens (tertiary/aromatic N) is 2. The summed E-state index contributed by atoms with van der Waals surface area (Å²) in [5, 5.41) is 4.07. The Kier molecular flexibility index (Phi) is 7.15. The SMILES string of the molecule is Cc1nc(CC(C)C)sc1C(=O)NCC(c1ccc(F)cc1)N1CCOCC1. The van der Waals surface area contributed by atoms with Crippen LogP contribution in [0.25, 0.3) is 0 Å². The van der Waals surface area contributed by atoms with Gasteiger partial charge in [0.05, 0.1) is 30.0 Å². The average molecular weight is 406 g/mol. The minimum atomic E-state index is -0.258. The topological polar surface area (TPSA) is 54.5 Å². The minimum Gasteiger partial charge on any atom is -0.379 e. The standard InChI is InChI=1S/C21H28FN3O2S/c1-14(2)12-19-24-15(3)20(28-19)21(26)23-13-18(25-8-10-27-11-9-25)16-4-6-17(22)7-5-16/h4-7,14,18H,8-13H2,1-3H3,(H,23,26). The Morgan fingerprint density at radius 1 is 1.29 bits per heavy atom. The summed E-state index contributed by atoms with van der Waals surface area (Å²) in [5.74, 6) is 0.155. The lowest BCUT2D eigenvalue weighted by molar-refractivity contribution is 0.0162. The summed E-state index contributed by atoms with van der Waals surface area (Å²) in [6.45, 7) is 9.54. The van der Waals surface area contributed by atoms with Gasteiger partial charge in [0, 0.05) is 26.1 Å². The molecule has 152 valence electrons. The number of thiazole rings is 1. The maximum Gasteiger partial charge on any atom is 0.263 e. The molecule has 2 heterocycles. The third kappa shape index (κ3) is 5.37. The van der Waals surface area contributed by atoms with E-state index in [0.29, 0.717) is 30.6 Å². The van der Waals surface area contributed by atoms with Gasteiger partial charge >= 0.3 is 0 Å². The van der Waals surface area contributed by atoms with Gasteiger partial charge in [-0.05, 0) is 30.5 Å². The molecule has 0 spiro atoms. The number of aryl methyl sites for hydroxylation is 1. The highest BCUT2D eigenvalue weighted by Gasteiger charge is 2.24. The van der Waals surface area contributed by atoms with Crippen molar-refractivity contribution < 1.29 is 13.9 Å². The highest BCUT2D eigenvalue weighted by molar-refractivity contribution is 7.13. The fourth-order valence-corrected chi connectivity index (χ4v) is 4.59. The van der Waals surface area contributed by atoms with Gasteiger partial charge in [0.25, 0.3) is 5.91 Å². The van der Waals surface area contributed by atoms with Gasteiger partial charge in [-0.15, -0.1) is 11.3 Å². The van der Waals surface area contributed by atoms with E-state index in [2.05, 4.69) is 29.0 Å². The van der Waals surface area contributed by atoms with E-state index in [-0.39, 0.29) is 17.8 Å². The first-order chi connectivity index (χ1) is 13.4. The van der Waals surface area contributed by atoms with Gasteiger partial charge in [0.1, 0.15) is 10.7 Å². The predicted molar refractivity (Wildman–Crippen MR) is 109 cm³/mol. The number of hydrogen-bond acceptors (Lipinski definition) is 5. The second-order valence-electron chi connectivity index (χ2n) is 7.55. The molecule has 1 atom stereocenters. The number of rotatable bonds is 7. The van der Waals surface area contributed by atoms with Crippen LogP contribution in [0.3, 0.4) is 0 Å². The molecular formula is C21H28FN3O2S. The molecule has 1 aromatic carbocycles. The summed E-state index contributed by atoms with van der Waals surface area (Å²) in [7, 11) is 0. The van der Waals surface area contributed by atoms with Crippen molar-refractivity contribution in [2.45, 2.75) is 33.2 Å². The molecule has 28 heavy (non-hydrogen) atoms. The van der Waals surface area contributed by atoms with Gasteiger partial charge in [-0.3, -0.25) is 9.69 Å². The summed E-state index contributed by atoms with van der Waals surface area (Å²) in [6.07, 6.45) is 0.880. The van der Waals surface area contributed by atoms with Gasteiger partial charge < -0.3 is 10.1 Å². The Morgan fingerprint density at radius 2 is 1.96 bits per heavy atom. The van der Waals surface area contributed by atoms with Crippen molar-refractivity contribution in [2.24, 2.45) is 5.92 Å². The lowest BCUT2D eigenvalue weighted by atomic mass is 10.0. The Bertz CT molecular complexity index is 785. The van der Waals surface area contributed by atoms with E-state index >= 15 is 0 Å². The third-order valence-electron chi connectivity index (χ3n) is 4.83. The molecule has 1 saturated heterocycles. The monoisotopic (exact) mass is 405 g/mol. The number of benzene rings is 1. The Hall–Kier alpha value is -1.83. The number of ether oxygens (including phenoxy) is 1. The van der Waals surface area contributed by atoms with Gasteiger partial charge in [-0.25, -0.2) is 9.37 Å². The maximum absolute atomic E-state index is 13.4. The molecule has 1 unspecified atom stereocenters. The average Bonchev–Trinajstić information content (AvgIpc) is 3.03. The van der Waals surface area contributed by atoms with Crippen molar-refractivity contribution in [3.05, 3.63) is 51.2 Å². The smallest absolute Gasteiger partial charge is 0.263 e. The first kappa shape index (κ1) is 20.9. The van der Waals surface area contributed by atoms with Gasteiger partial charge in [0.2, 0.25) is 0 Å². The van der Waals surface area contributed by atoms with Crippen LogP contribution in [-0.4, -0.2) is 48.6 Å². The van der Waals surface area contributed by atoms with Crippen LogP contribution < -0.4 is 5.32 Å². The first-order valence-electron chi connectivity index (χ1n) is 9.75. The fraction of sp³-hybridized carbons (Fsp3) is 0.524. The van der Waals surface area contributed by atoms with Crippen LogP contribution in [0.4, 0.5) is 4.39 Å². The van der Waals surface area contributed by atoms with Crippen molar-refractivity contribution in [2.75, 3.05) is 32.8 Å². The highest BCUT2D eigenvalue weighted by Crippen LogP contribution is 2.24. The van der Waals surface area contributed by atoms with Gasteiger partial charge in [-0.1, -0.05) is 26.0 Å². The second kappa shape index (κ2) is 9.58. The highest BCUT2D eigenvalue weighted by atomic mass is 32.1. The maximum atomic E-state index is 13.4. The number of carbonyl (C=O) groups excluding carboxylic acids is 1. The van der Waals surface area contributed by atoms with Crippen molar-refractivity contribution in [3.8, 4) is 0 Å². The van der Waals surface area contributed by atoms with Crippen molar-refractivity contribution >= 4 is 17.2 Å². The third-order valence-corrected chi connectivity index (χ3v) is 6.01. The van der Waals surface area contributed by atoms with E-state index in [1.165, 1.54) is 23.5 Å². The van der Waals surface area contributed by atoms with E-state index in [9.17, 15) is 9.18 Å². The number of halogens is 1. The molecule has 3 rings (SSSR count). The van der Waals surface area contributed by atoms with E-state index < -0.39 is 0 Å². The van der Waals surface area contributed by atoms with Gasteiger partial charge in [0.15, 0.2) is 0 Å². The molecule has 0 saturated carbocycles. The van der Waals surface area contributed by atoms with E-state index in [1.54, 1.807) is 12.1 Å². The molecule has 7 heteroatoms. The molecule has 1 aromatic heterocycles. The lowest BCUT2D eigenvalue weighted by Gasteiger charge is -2.34. The van der Waals surface area contributed by atoms with Crippen molar-refractivity contribution in [3.63, 3.8) is 0 Å².